The van der Waals surface area contributed by atoms with E-state index in [-0.39, 0.29) is 35.1 Å². The maximum atomic E-state index is 13.0. The normalized spacial score (nSPS) is 22.8. The van der Waals surface area contributed by atoms with Crippen molar-refractivity contribution in [3.8, 4) is 5.75 Å². The minimum Gasteiger partial charge on any atom is -0.496 e. The SMILES string of the molecule is CCc1cccc(CC)c1N1C(=NC(=O)Cc2ccccc2OC)SC2CS(=O)(=O)CC21. The Balaban J connectivity index is 1.74. The van der Waals surface area contributed by atoms with Crippen molar-refractivity contribution < 1.29 is 17.9 Å². The van der Waals surface area contributed by atoms with E-state index in [4.69, 9.17) is 4.74 Å². The molecule has 2 atom stereocenters. The third kappa shape index (κ3) is 4.43. The molecule has 2 aromatic rings. The molecule has 0 N–H and O–H groups in total. The Hall–Kier alpha value is -2.32. The highest BCUT2D eigenvalue weighted by Crippen LogP contribution is 2.43. The number of sulfone groups is 1. The van der Waals surface area contributed by atoms with Crippen molar-refractivity contribution in [2.24, 2.45) is 4.99 Å². The van der Waals surface area contributed by atoms with Crippen LogP contribution in [0, 0.1) is 0 Å². The second-order valence-corrected chi connectivity index (χ2v) is 11.4. The number of aryl methyl sites for hydroxylation is 2. The molecule has 0 aromatic heterocycles. The van der Waals surface area contributed by atoms with Gasteiger partial charge in [0.2, 0.25) is 0 Å². The number of hydrogen-bond donors (Lipinski definition) is 0. The molecule has 0 aliphatic carbocycles. The van der Waals surface area contributed by atoms with E-state index in [9.17, 15) is 13.2 Å². The van der Waals surface area contributed by atoms with E-state index in [0.29, 0.717) is 10.9 Å². The monoisotopic (exact) mass is 472 g/mol. The molecule has 2 fully saturated rings. The smallest absolute Gasteiger partial charge is 0.252 e. The van der Waals surface area contributed by atoms with Crippen LogP contribution in [-0.2, 0) is 33.9 Å². The number of methoxy groups -OCH3 is 1. The zero-order chi connectivity index (χ0) is 22.9. The summed E-state index contributed by atoms with van der Waals surface area (Å²) in [6.07, 6.45) is 1.76. The quantitative estimate of drug-likeness (QED) is 0.639. The first-order chi connectivity index (χ1) is 15.4. The van der Waals surface area contributed by atoms with Crippen LogP contribution in [-0.4, -0.2) is 49.4 Å². The number of amides is 1. The zero-order valence-electron chi connectivity index (χ0n) is 18.6. The predicted molar refractivity (Wildman–Crippen MR) is 131 cm³/mol. The number of aliphatic imine (C=N–C) groups is 1. The fraction of sp³-hybridized carbons (Fsp3) is 0.417. The summed E-state index contributed by atoms with van der Waals surface area (Å²) in [4.78, 5) is 19.5. The van der Waals surface area contributed by atoms with Crippen molar-refractivity contribution in [2.75, 3.05) is 23.5 Å². The molecule has 32 heavy (non-hydrogen) atoms. The van der Waals surface area contributed by atoms with Crippen LogP contribution in [0.25, 0.3) is 0 Å². The number of carbonyl (C=O) groups excluding carboxylic acids is 1. The number of ether oxygens (including phenoxy) is 1. The first kappa shape index (κ1) is 22.9. The Bertz CT molecular complexity index is 1140. The lowest BCUT2D eigenvalue weighted by atomic mass is 10.0. The highest BCUT2D eigenvalue weighted by molar-refractivity contribution is 8.16. The molecule has 2 aromatic carbocycles. The van der Waals surface area contributed by atoms with Gasteiger partial charge in [0.15, 0.2) is 15.0 Å². The molecule has 0 bridgehead atoms. The second-order valence-electron chi connectivity index (χ2n) is 8.08. The largest absolute Gasteiger partial charge is 0.496 e. The maximum absolute atomic E-state index is 13.0. The average molecular weight is 473 g/mol. The molecule has 2 aliphatic heterocycles. The van der Waals surface area contributed by atoms with Gasteiger partial charge in [0.1, 0.15) is 5.75 Å². The van der Waals surface area contributed by atoms with E-state index in [1.165, 1.54) is 11.8 Å². The predicted octanol–water partition coefficient (Wildman–Crippen LogP) is 3.66. The highest BCUT2D eigenvalue weighted by Gasteiger charge is 2.50. The van der Waals surface area contributed by atoms with Crippen LogP contribution in [0.4, 0.5) is 5.69 Å². The summed E-state index contributed by atoms with van der Waals surface area (Å²) in [5.74, 6) is 0.598. The lowest BCUT2D eigenvalue weighted by Gasteiger charge is -2.29. The number of anilines is 1. The van der Waals surface area contributed by atoms with Gasteiger partial charge in [-0.15, -0.1) is 0 Å². The Morgan fingerprint density at radius 2 is 1.72 bits per heavy atom. The molecule has 6 nitrogen and oxygen atoms in total. The zero-order valence-corrected chi connectivity index (χ0v) is 20.2. The van der Waals surface area contributed by atoms with Crippen LogP contribution in [0.2, 0.25) is 0 Å². The van der Waals surface area contributed by atoms with Crippen LogP contribution < -0.4 is 9.64 Å². The first-order valence-corrected chi connectivity index (χ1v) is 13.6. The van der Waals surface area contributed by atoms with Crippen molar-refractivity contribution >= 4 is 38.4 Å². The lowest BCUT2D eigenvalue weighted by molar-refractivity contribution is -0.117. The Morgan fingerprint density at radius 1 is 1.06 bits per heavy atom. The number of fused-ring (bicyclic) bond motifs is 1. The Morgan fingerprint density at radius 3 is 2.38 bits per heavy atom. The Kier molecular flexibility index (Phi) is 6.62. The maximum Gasteiger partial charge on any atom is 0.252 e. The summed E-state index contributed by atoms with van der Waals surface area (Å²) in [5.41, 5.74) is 4.07. The van der Waals surface area contributed by atoms with Crippen molar-refractivity contribution in [2.45, 2.75) is 44.4 Å². The van der Waals surface area contributed by atoms with Gasteiger partial charge in [0, 0.05) is 16.5 Å². The fourth-order valence-corrected chi connectivity index (χ4v) is 8.43. The molecule has 2 aliphatic rings. The first-order valence-electron chi connectivity index (χ1n) is 10.9. The van der Waals surface area contributed by atoms with Crippen LogP contribution in [0.15, 0.2) is 47.5 Å². The summed E-state index contributed by atoms with van der Waals surface area (Å²) in [6, 6.07) is 13.4. The molecule has 0 saturated carbocycles. The van der Waals surface area contributed by atoms with E-state index in [1.807, 2.05) is 35.2 Å². The van der Waals surface area contributed by atoms with Gasteiger partial charge in [-0.25, -0.2) is 8.42 Å². The number of para-hydroxylation sites is 2. The van der Waals surface area contributed by atoms with Crippen molar-refractivity contribution in [3.63, 3.8) is 0 Å². The molecule has 2 unspecified atom stereocenters. The summed E-state index contributed by atoms with van der Waals surface area (Å²) in [7, 11) is -1.53. The number of rotatable bonds is 6. The number of nitrogens with zero attached hydrogens (tertiary/aromatic N) is 2. The molecule has 8 heteroatoms. The van der Waals surface area contributed by atoms with Crippen LogP contribution in [0.5, 0.6) is 5.75 Å². The topological polar surface area (TPSA) is 76.0 Å². The molecular weight excluding hydrogens is 444 g/mol. The number of amidine groups is 1. The van der Waals surface area contributed by atoms with E-state index in [2.05, 4.69) is 31.0 Å². The van der Waals surface area contributed by atoms with Crippen LogP contribution in [0.1, 0.15) is 30.5 Å². The van der Waals surface area contributed by atoms with Gasteiger partial charge in [-0.2, -0.15) is 4.99 Å². The molecule has 4 rings (SSSR count). The molecule has 170 valence electrons. The lowest BCUT2D eigenvalue weighted by Crippen LogP contribution is -2.39. The fourth-order valence-electron chi connectivity index (χ4n) is 4.51. The summed E-state index contributed by atoms with van der Waals surface area (Å²) in [5, 5.41) is 0.484. The van der Waals surface area contributed by atoms with Gasteiger partial charge in [0.25, 0.3) is 5.91 Å². The highest BCUT2D eigenvalue weighted by atomic mass is 32.2. The van der Waals surface area contributed by atoms with Gasteiger partial charge in [0.05, 0.1) is 31.1 Å². The van der Waals surface area contributed by atoms with Gasteiger partial charge in [-0.1, -0.05) is 62.0 Å². The second kappa shape index (κ2) is 9.27. The number of benzene rings is 2. The molecule has 0 spiro atoms. The number of thioether (sulfide) groups is 1. The third-order valence-electron chi connectivity index (χ3n) is 6.03. The standard InChI is InChI=1S/C24H28N2O4S2/c1-4-16-10-8-11-17(5-2)23(16)26-19-14-32(28,29)15-21(19)31-24(26)25-22(27)13-18-9-6-7-12-20(18)30-3/h6-12,19,21H,4-5,13-15H2,1-3H3. The van der Waals surface area contributed by atoms with Crippen molar-refractivity contribution in [1.82, 2.24) is 0 Å². The van der Waals surface area contributed by atoms with Gasteiger partial charge in [-0.05, 0) is 30.0 Å². The molecule has 2 saturated heterocycles. The van der Waals surface area contributed by atoms with Crippen LogP contribution >= 0.6 is 11.8 Å². The minimum atomic E-state index is -3.11. The van der Waals surface area contributed by atoms with Crippen LogP contribution in [0.3, 0.4) is 0 Å². The van der Waals surface area contributed by atoms with Gasteiger partial charge >= 0.3 is 0 Å². The van der Waals surface area contributed by atoms with E-state index < -0.39 is 9.84 Å². The van der Waals surface area contributed by atoms with Gasteiger partial charge in [-0.3, -0.25) is 4.79 Å². The number of carbonyl (C=O) groups is 1. The molecule has 2 heterocycles. The average Bonchev–Trinajstić information content (AvgIpc) is 3.23. The van der Waals surface area contributed by atoms with E-state index in [1.54, 1.807) is 7.11 Å². The summed E-state index contributed by atoms with van der Waals surface area (Å²) >= 11 is 1.42. The van der Waals surface area contributed by atoms with E-state index >= 15 is 0 Å². The van der Waals surface area contributed by atoms with Gasteiger partial charge < -0.3 is 9.64 Å². The van der Waals surface area contributed by atoms with E-state index in [0.717, 1.165) is 35.2 Å². The molecule has 1 amide bonds. The van der Waals surface area contributed by atoms with Crippen molar-refractivity contribution in [1.29, 1.82) is 0 Å². The summed E-state index contributed by atoms with van der Waals surface area (Å²) in [6.45, 7) is 4.18. The Labute approximate surface area is 194 Å². The summed E-state index contributed by atoms with van der Waals surface area (Å²) < 4.78 is 30.2. The third-order valence-corrected chi connectivity index (χ3v) is 9.24. The molecule has 0 radical (unpaired) electrons. The number of hydrogen-bond acceptors (Lipinski definition) is 5. The molecular formula is C24H28N2O4S2. The minimum absolute atomic E-state index is 0.0889. The van der Waals surface area contributed by atoms with Crippen molar-refractivity contribution in [3.05, 3.63) is 59.2 Å².